The minimum absolute atomic E-state index is 0. The van der Waals surface area contributed by atoms with Gasteiger partial charge in [-0.25, -0.2) is 15.0 Å². The lowest BCUT2D eigenvalue weighted by Crippen LogP contribution is -2.07. The molecule has 0 saturated carbocycles. The molecule has 1 N–H and O–H groups in total. The van der Waals surface area contributed by atoms with Gasteiger partial charge in [0.2, 0.25) is 0 Å². The quantitative estimate of drug-likeness (QED) is 0.756. The lowest BCUT2D eigenvalue weighted by molar-refractivity contribution is 0.211. The second-order valence-corrected chi connectivity index (χ2v) is 3.64. The summed E-state index contributed by atoms with van der Waals surface area (Å²) < 4.78 is 1.96. The molecule has 2 aromatic rings. The number of allylic oxidation sites excluding steroid dienone is 1. The first-order valence-electron chi connectivity index (χ1n) is 4.83. The Balaban J connectivity index is 0.000000963. The number of hydrogen-bond acceptors (Lipinski definition) is 4. The molecular weight excluding hydrogens is 228 g/mol. The zero-order valence-corrected chi connectivity index (χ0v) is 9.21. The Kier molecular flexibility index (Phi) is 2.89. The highest BCUT2D eigenvalue weighted by atomic mass is 35.5. The van der Waals surface area contributed by atoms with Crippen LogP contribution in [0.2, 0.25) is 0 Å². The van der Waals surface area contributed by atoms with Crippen molar-refractivity contribution in [3.8, 4) is 0 Å². The number of halogens is 1. The molecular formula is C10H11ClN4O. The van der Waals surface area contributed by atoms with Gasteiger partial charge in [-0.15, -0.1) is 12.4 Å². The standard InChI is InChI=1S/C10H10N4O.ClH/c15-8-2-1-7(3-8)14-6-13-9-4-11-5-12-10(9)14;/h1-2,4-8,15H,3H2;1H/t7-,8+;/m0./s1. The van der Waals surface area contributed by atoms with E-state index in [1.54, 1.807) is 18.6 Å². The fourth-order valence-corrected chi connectivity index (χ4v) is 1.89. The van der Waals surface area contributed by atoms with E-state index in [0.29, 0.717) is 6.42 Å². The molecule has 0 unspecified atom stereocenters. The van der Waals surface area contributed by atoms with Crippen molar-refractivity contribution >= 4 is 23.6 Å². The number of aliphatic hydroxyl groups excluding tert-OH is 1. The van der Waals surface area contributed by atoms with Crippen molar-refractivity contribution in [2.75, 3.05) is 0 Å². The molecule has 0 radical (unpaired) electrons. The molecule has 0 aliphatic heterocycles. The molecule has 2 aromatic heterocycles. The zero-order valence-electron chi connectivity index (χ0n) is 8.39. The third-order valence-electron chi connectivity index (χ3n) is 2.63. The smallest absolute Gasteiger partial charge is 0.163 e. The van der Waals surface area contributed by atoms with Crippen LogP contribution < -0.4 is 0 Å². The van der Waals surface area contributed by atoms with Crippen molar-refractivity contribution in [2.24, 2.45) is 0 Å². The number of rotatable bonds is 1. The van der Waals surface area contributed by atoms with Gasteiger partial charge in [0.15, 0.2) is 5.65 Å². The molecule has 0 spiro atoms. The summed E-state index contributed by atoms with van der Waals surface area (Å²) in [5.41, 5.74) is 1.60. The largest absolute Gasteiger partial charge is 0.389 e. The van der Waals surface area contributed by atoms with E-state index < -0.39 is 0 Å². The monoisotopic (exact) mass is 238 g/mol. The number of aromatic nitrogens is 4. The predicted octanol–water partition coefficient (Wildman–Crippen LogP) is 1.11. The SMILES string of the molecule is Cl.O[C@@H]1C=C[C@H](n2cnc3cncnc32)C1. The van der Waals surface area contributed by atoms with Crippen LogP contribution in [0.5, 0.6) is 0 Å². The van der Waals surface area contributed by atoms with Crippen molar-refractivity contribution < 1.29 is 5.11 Å². The van der Waals surface area contributed by atoms with Crippen LogP contribution in [0.3, 0.4) is 0 Å². The van der Waals surface area contributed by atoms with Crippen LogP contribution in [0.1, 0.15) is 12.5 Å². The minimum atomic E-state index is -0.353. The number of aliphatic hydroxyl groups is 1. The van der Waals surface area contributed by atoms with E-state index >= 15 is 0 Å². The van der Waals surface area contributed by atoms with Gasteiger partial charge in [0.05, 0.1) is 24.7 Å². The van der Waals surface area contributed by atoms with E-state index in [-0.39, 0.29) is 24.6 Å². The Hall–Kier alpha value is -1.46. The van der Waals surface area contributed by atoms with Crippen molar-refractivity contribution in [1.29, 1.82) is 0 Å². The number of hydrogen-bond donors (Lipinski definition) is 1. The van der Waals surface area contributed by atoms with E-state index in [1.807, 2.05) is 10.6 Å². The van der Waals surface area contributed by atoms with Gasteiger partial charge in [0.25, 0.3) is 0 Å². The lowest BCUT2D eigenvalue weighted by Gasteiger charge is -2.10. The van der Waals surface area contributed by atoms with Crippen molar-refractivity contribution in [1.82, 2.24) is 19.5 Å². The summed E-state index contributed by atoms with van der Waals surface area (Å²) >= 11 is 0. The van der Waals surface area contributed by atoms with Crippen LogP contribution in [-0.2, 0) is 0 Å². The second kappa shape index (κ2) is 4.19. The average molecular weight is 239 g/mol. The third kappa shape index (κ3) is 1.68. The zero-order chi connectivity index (χ0) is 10.3. The summed E-state index contributed by atoms with van der Waals surface area (Å²) in [7, 11) is 0. The normalized spacial score (nSPS) is 23.6. The van der Waals surface area contributed by atoms with Gasteiger partial charge in [-0.3, -0.25) is 0 Å². The van der Waals surface area contributed by atoms with Gasteiger partial charge in [0.1, 0.15) is 11.8 Å². The predicted molar refractivity (Wildman–Crippen MR) is 61.4 cm³/mol. The van der Waals surface area contributed by atoms with Crippen molar-refractivity contribution in [3.63, 3.8) is 0 Å². The molecule has 3 rings (SSSR count). The Morgan fingerprint density at radius 3 is 2.94 bits per heavy atom. The van der Waals surface area contributed by atoms with Gasteiger partial charge in [-0.05, 0) is 0 Å². The number of imidazole rings is 1. The van der Waals surface area contributed by atoms with E-state index in [0.717, 1.165) is 11.2 Å². The summed E-state index contributed by atoms with van der Waals surface area (Å²) in [5, 5.41) is 9.42. The van der Waals surface area contributed by atoms with Crippen LogP contribution in [0.4, 0.5) is 0 Å². The van der Waals surface area contributed by atoms with Crippen LogP contribution >= 0.6 is 12.4 Å². The Morgan fingerprint density at radius 2 is 2.19 bits per heavy atom. The Bertz CT molecular complexity index is 524. The van der Waals surface area contributed by atoms with Gasteiger partial charge >= 0.3 is 0 Å². The number of nitrogens with zero attached hydrogens (tertiary/aromatic N) is 4. The first-order chi connectivity index (χ1) is 7.34. The van der Waals surface area contributed by atoms with Gasteiger partial charge in [0, 0.05) is 6.42 Å². The first kappa shape index (κ1) is 11.0. The van der Waals surface area contributed by atoms with Crippen LogP contribution in [0.25, 0.3) is 11.2 Å². The molecule has 0 aromatic carbocycles. The molecule has 5 nitrogen and oxygen atoms in total. The van der Waals surface area contributed by atoms with E-state index in [2.05, 4.69) is 15.0 Å². The fourth-order valence-electron chi connectivity index (χ4n) is 1.89. The van der Waals surface area contributed by atoms with Gasteiger partial charge in [-0.1, -0.05) is 12.2 Å². The molecule has 0 bridgehead atoms. The highest BCUT2D eigenvalue weighted by Crippen LogP contribution is 2.25. The maximum atomic E-state index is 9.42. The molecule has 0 fully saturated rings. The first-order valence-corrected chi connectivity index (χ1v) is 4.83. The maximum Gasteiger partial charge on any atom is 0.163 e. The van der Waals surface area contributed by atoms with Gasteiger partial charge in [-0.2, -0.15) is 0 Å². The summed E-state index contributed by atoms with van der Waals surface area (Å²) in [6, 6.07) is 0.153. The molecule has 2 atom stereocenters. The maximum absolute atomic E-state index is 9.42. The molecule has 16 heavy (non-hydrogen) atoms. The molecule has 1 aliphatic rings. The van der Waals surface area contributed by atoms with E-state index in [9.17, 15) is 5.11 Å². The van der Waals surface area contributed by atoms with Crippen molar-refractivity contribution in [2.45, 2.75) is 18.6 Å². The van der Waals surface area contributed by atoms with Crippen LogP contribution in [0, 0.1) is 0 Å². The second-order valence-electron chi connectivity index (χ2n) is 3.64. The van der Waals surface area contributed by atoms with Crippen molar-refractivity contribution in [3.05, 3.63) is 31.0 Å². The third-order valence-corrected chi connectivity index (χ3v) is 2.63. The number of fused-ring (bicyclic) bond motifs is 1. The van der Waals surface area contributed by atoms with E-state index in [4.69, 9.17) is 0 Å². The minimum Gasteiger partial charge on any atom is -0.389 e. The summed E-state index contributed by atoms with van der Waals surface area (Å²) in [5.74, 6) is 0. The van der Waals surface area contributed by atoms with Gasteiger partial charge < -0.3 is 9.67 Å². The Labute approximate surface area is 98.3 Å². The lowest BCUT2D eigenvalue weighted by atomic mass is 10.2. The highest BCUT2D eigenvalue weighted by Gasteiger charge is 2.20. The Morgan fingerprint density at radius 1 is 1.31 bits per heavy atom. The highest BCUT2D eigenvalue weighted by molar-refractivity contribution is 5.85. The topological polar surface area (TPSA) is 63.8 Å². The molecule has 0 amide bonds. The average Bonchev–Trinajstić information content (AvgIpc) is 2.83. The van der Waals surface area contributed by atoms with E-state index in [1.165, 1.54) is 6.33 Å². The molecule has 6 heteroatoms. The molecule has 0 saturated heterocycles. The summed E-state index contributed by atoms with van der Waals surface area (Å²) in [6.07, 6.45) is 9.06. The fraction of sp³-hybridized carbons (Fsp3) is 0.300. The summed E-state index contributed by atoms with van der Waals surface area (Å²) in [4.78, 5) is 12.3. The molecule has 2 heterocycles. The van der Waals surface area contributed by atoms with Crippen LogP contribution in [0.15, 0.2) is 31.0 Å². The summed E-state index contributed by atoms with van der Waals surface area (Å²) in [6.45, 7) is 0. The van der Waals surface area contributed by atoms with Crippen LogP contribution in [-0.4, -0.2) is 30.7 Å². The molecule has 84 valence electrons. The molecule has 1 aliphatic carbocycles.